The molecule has 0 aliphatic rings. The molecule has 0 saturated carbocycles. The molecule has 0 spiro atoms. The van der Waals surface area contributed by atoms with Crippen LogP contribution in [0.5, 0.6) is 0 Å². The second-order valence-corrected chi connectivity index (χ2v) is 15.7. The van der Waals surface area contributed by atoms with E-state index in [1.54, 1.807) is 0 Å². The van der Waals surface area contributed by atoms with Gasteiger partial charge in [-0.2, -0.15) is 0 Å². The smallest absolute Gasteiger partial charge is 0.326 e. The van der Waals surface area contributed by atoms with Crippen LogP contribution < -0.4 is 31.9 Å². The predicted octanol–water partition coefficient (Wildman–Crippen LogP) is 0.221. The third-order valence-electron chi connectivity index (χ3n) is 9.48. The summed E-state index contributed by atoms with van der Waals surface area (Å²) in [6.07, 6.45) is 6.95. The zero-order valence-corrected chi connectivity index (χ0v) is 39.7. The Hall–Kier alpha value is -4.98. The molecule has 3 atom stereocenters. The number of hydrogen-bond donors (Lipinski definition) is 10. The van der Waals surface area contributed by atoms with Crippen molar-refractivity contribution in [2.45, 2.75) is 127 Å². The van der Waals surface area contributed by atoms with E-state index in [2.05, 4.69) is 47.8 Å². The second kappa shape index (κ2) is 41.2. The number of aliphatic carboxylic acids is 4. The molecule has 6 amide bonds. The van der Waals surface area contributed by atoms with Gasteiger partial charge in [-0.15, -0.1) is 0 Å². The van der Waals surface area contributed by atoms with E-state index >= 15 is 0 Å². The summed E-state index contributed by atoms with van der Waals surface area (Å²) in [5, 5.41) is 52.1. The summed E-state index contributed by atoms with van der Waals surface area (Å²) in [4.78, 5) is 118. The van der Waals surface area contributed by atoms with E-state index < -0.39 is 71.5 Å². The summed E-state index contributed by atoms with van der Waals surface area (Å²) in [7, 11) is 0. The minimum atomic E-state index is -1.41. The largest absolute Gasteiger partial charge is 0.481 e. The van der Waals surface area contributed by atoms with Crippen molar-refractivity contribution in [3.8, 4) is 0 Å². The van der Waals surface area contributed by atoms with E-state index in [0.717, 1.165) is 38.5 Å². The van der Waals surface area contributed by atoms with Crippen molar-refractivity contribution >= 4 is 75.3 Å². The molecule has 0 bridgehead atoms. The van der Waals surface area contributed by atoms with Crippen LogP contribution in [0.2, 0.25) is 0 Å². The molecule has 384 valence electrons. The number of nitrogens with one attached hydrogen (secondary N) is 6. The van der Waals surface area contributed by atoms with E-state index in [-0.39, 0.29) is 122 Å². The second-order valence-electron chi connectivity index (χ2n) is 15.2. The number of unbranched alkanes of at least 4 members (excludes halogenated alkanes) is 8. The Kier molecular flexibility index (Phi) is 38.2. The fraction of sp³-hybridized carbons (Fsp3) is 0.762. The minimum Gasteiger partial charge on any atom is -0.481 e. The Morgan fingerprint density at radius 3 is 1.28 bits per heavy atom. The monoisotopic (exact) mass is 1030 g/mol. The number of carboxylic acid groups (broad SMARTS) is 4. The molecule has 0 heterocycles. The number of hydrogen-bond acceptors (Lipinski definition) is 14. The number of rotatable bonds is 45. The van der Waals surface area contributed by atoms with Gasteiger partial charge in [-0.3, -0.25) is 33.6 Å². The van der Waals surface area contributed by atoms with Crippen molar-refractivity contribution in [2.75, 3.05) is 77.8 Å². The van der Waals surface area contributed by atoms with Crippen molar-refractivity contribution in [3.63, 3.8) is 0 Å². The number of carboxylic acids is 4. The van der Waals surface area contributed by atoms with Gasteiger partial charge in [0.2, 0.25) is 35.4 Å². The summed E-state index contributed by atoms with van der Waals surface area (Å²) in [6, 6.07) is -3.85. The van der Waals surface area contributed by atoms with Gasteiger partial charge in [-0.05, 0) is 44.9 Å². The average molecular weight is 1030 g/mol. The molecular weight excluding hydrogens is 956 g/mol. The Bertz CT molecular complexity index is 1510. The first-order valence-corrected chi connectivity index (χ1v) is 23.6. The maximum Gasteiger partial charge on any atom is 0.326 e. The molecule has 10 N–H and O–H groups in total. The molecule has 0 aliphatic heterocycles. The summed E-state index contributed by atoms with van der Waals surface area (Å²) >= 11 is 3.03. The van der Waals surface area contributed by atoms with Gasteiger partial charge in [-0.1, -0.05) is 54.5 Å². The van der Waals surface area contributed by atoms with Crippen molar-refractivity contribution in [1.29, 1.82) is 0 Å². The van der Waals surface area contributed by atoms with Crippen LogP contribution in [0.15, 0.2) is 0 Å². The number of ether oxygens (including phenoxy) is 4. The maximum absolute atomic E-state index is 12.5. The summed E-state index contributed by atoms with van der Waals surface area (Å²) in [5.41, 5.74) is 0. The van der Waals surface area contributed by atoms with Gasteiger partial charge in [0.1, 0.15) is 31.3 Å². The molecule has 0 rings (SSSR count). The van der Waals surface area contributed by atoms with Crippen LogP contribution in [0.25, 0.3) is 0 Å². The third kappa shape index (κ3) is 38.8. The maximum atomic E-state index is 12.5. The molecule has 0 radical (unpaired) electrons. The first-order chi connectivity index (χ1) is 32.0. The van der Waals surface area contributed by atoms with Gasteiger partial charge in [0.15, 0.2) is 0 Å². The molecule has 0 aliphatic carbocycles. The Morgan fingerprint density at radius 1 is 0.373 bits per heavy atom. The van der Waals surface area contributed by atoms with Crippen LogP contribution in [0, 0.1) is 0 Å². The fourth-order valence-corrected chi connectivity index (χ4v) is 6.10. The van der Waals surface area contributed by atoms with Crippen LogP contribution in [-0.2, 0) is 66.9 Å². The standard InChI is InChI=1S/C42H71BrN6O18/c43-27-36(53)44-18-10-9-11-30(40(58)59)49-38(55)29-67-26-24-65-22-20-46-37(54)28-66-25-23-64-21-19-45-33(50)16-14-31(41(60)61)48-35(52)17-15-32(42(62)63)47-34(51)12-7-5-3-1-2-4-6-8-13-39(56)57/h30-32H,1-29H2,(H,44,53)(H,45,50)(H,46,54)(H,47,51)(H,48,52)(H,49,55)(H,56,57)(H,58,59)(H,60,61)(H,62,63)/t30-,31-,32-/m0/s1. The highest BCUT2D eigenvalue weighted by atomic mass is 79.9. The van der Waals surface area contributed by atoms with Crippen LogP contribution >= 0.6 is 15.9 Å². The quantitative estimate of drug-likeness (QED) is 0.0288. The Balaban J connectivity index is 4.01. The minimum absolute atomic E-state index is 0.0561. The molecule has 0 saturated heterocycles. The van der Waals surface area contributed by atoms with Gasteiger partial charge < -0.3 is 71.3 Å². The molecule has 25 heteroatoms. The van der Waals surface area contributed by atoms with Crippen LogP contribution in [0.3, 0.4) is 0 Å². The first-order valence-electron chi connectivity index (χ1n) is 22.5. The number of alkyl halides is 1. The van der Waals surface area contributed by atoms with Gasteiger partial charge in [0.05, 0.1) is 45.0 Å². The normalized spacial score (nSPS) is 12.2. The topological polar surface area (TPSA) is 361 Å². The zero-order chi connectivity index (χ0) is 50.1. The average Bonchev–Trinajstić information content (AvgIpc) is 3.27. The van der Waals surface area contributed by atoms with Crippen LogP contribution in [0.4, 0.5) is 0 Å². The lowest BCUT2D eigenvalue weighted by molar-refractivity contribution is -0.143. The van der Waals surface area contributed by atoms with Crippen molar-refractivity contribution in [2.24, 2.45) is 0 Å². The first kappa shape index (κ1) is 62.0. The highest BCUT2D eigenvalue weighted by Gasteiger charge is 2.25. The van der Waals surface area contributed by atoms with E-state index in [1.807, 2.05) is 0 Å². The van der Waals surface area contributed by atoms with Gasteiger partial charge in [-0.25, -0.2) is 14.4 Å². The Morgan fingerprint density at radius 2 is 0.776 bits per heavy atom. The SMILES string of the molecule is O=C(O)CCCCCCCCCCC(=O)N[C@@H](CCC(=O)N[C@@H](CCC(=O)NCCOCCOCC(=O)NCCOCCOCC(=O)N[C@@H](CCCCNC(=O)CBr)C(=O)O)C(=O)O)C(=O)O. The van der Waals surface area contributed by atoms with Crippen LogP contribution in [0.1, 0.15) is 109 Å². The van der Waals surface area contributed by atoms with Gasteiger partial charge in [0.25, 0.3) is 0 Å². The fourth-order valence-electron chi connectivity index (χ4n) is 5.90. The molecule has 0 fully saturated rings. The van der Waals surface area contributed by atoms with E-state index in [4.69, 9.17) is 24.1 Å². The van der Waals surface area contributed by atoms with E-state index in [1.165, 1.54) is 0 Å². The number of carbonyl (C=O) groups excluding carboxylic acids is 6. The highest BCUT2D eigenvalue weighted by molar-refractivity contribution is 9.09. The molecule has 0 aromatic rings. The summed E-state index contributed by atoms with van der Waals surface area (Å²) < 4.78 is 21.1. The lowest BCUT2D eigenvalue weighted by Gasteiger charge is -2.17. The molecule has 0 aromatic heterocycles. The van der Waals surface area contributed by atoms with Gasteiger partial charge in [0, 0.05) is 45.3 Å². The molecule has 0 aromatic carbocycles. The van der Waals surface area contributed by atoms with E-state index in [9.17, 15) is 63.3 Å². The third-order valence-corrected chi connectivity index (χ3v) is 9.98. The van der Waals surface area contributed by atoms with Gasteiger partial charge >= 0.3 is 23.9 Å². The predicted molar refractivity (Wildman–Crippen MR) is 241 cm³/mol. The lowest BCUT2D eigenvalue weighted by atomic mass is 10.1. The van der Waals surface area contributed by atoms with Crippen molar-refractivity contribution < 1.29 is 87.3 Å². The van der Waals surface area contributed by atoms with Crippen LogP contribution in [-0.4, -0.2) is 176 Å². The van der Waals surface area contributed by atoms with E-state index in [0.29, 0.717) is 32.2 Å². The number of halogens is 1. The summed E-state index contributed by atoms with van der Waals surface area (Å²) in [5.74, 6) is -7.61. The van der Waals surface area contributed by atoms with Crippen molar-refractivity contribution in [1.82, 2.24) is 31.9 Å². The summed E-state index contributed by atoms with van der Waals surface area (Å²) in [6.45, 7) is 0.675. The molecule has 67 heavy (non-hydrogen) atoms. The number of amides is 6. The lowest BCUT2D eigenvalue weighted by Crippen LogP contribution is -2.44. The molecular formula is C42H71BrN6O18. The molecule has 24 nitrogen and oxygen atoms in total. The zero-order valence-electron chi connectivity index (χ0n) is 38.1. The number of carbonyl (C=O) groups is 10. The Labute approximate surface area is 398 Å². The highest BCUT2D eigenvalue weighted by Crippen LogP contribution is 2.11. The van der Waals surface area contributed by atoms with Crippen molar-refractivity contribution in [3.05, 3.63) is 0 Å². The molecule has 0 unspecified atom stereocenters.